The molecule has 0 aliphatic heterocycles. The van der Waals surface area contributed by atoms with Gasteiger partial charge in [-0.15, -0.1) is 11.3 Å². The number of hydrogen-bond acceptors (Lipinski definition) is 3. The number of carbonyl (C=O) groups excluding carboxylic acids is 1. The van der Waals surface area contributed by atoms with Crippen LogP contribution in [-0.2, 0) is 6.42 Å². The summed E-state index contributed by atoms with van der Waals surface area (Å²) in [4.78, 5) is 13.2. The lowest BCUT2D eigenvalue weighted by Crippen LogP contribution is -2.41. The van der Waals surface area contributed by atoms with E-state index in [0.717, 1.165) is 32.1 Å². The molecule has 1 aliphatic carbocycles. The van der Waals surface area contributed by atoms with Gasteiger partial charge in [-0.1, -0.05) is 19.4 Å². The van der Waals surface area contributed by atoms with Crippen LogP contribution in [0.25, 0.3) is 0 Å². The molecule has 3 N–H and O–H groups in total. The highest BCUT2D eigenvalue weighted by atomic mass is 32.1. The highest BCUT2D eigenvalue weighted by Gasteiger charge is 2.20. The van der Waals surface area contributed by atoms with Gasteiger partial charge in [0.05, 0.1) is 6.10 Å². The molecule has 5 heteroatoms. The molecule has 4 nitrogen and oxygen atoms in total. The van der Waals surface area contributed by atoms with E-state index in [4.69, 9.17) is 0 Å². The number of thiophene rings is 1. The summed E-state index contributed by atoms with van der Waals surface area (Å²) in [5.74, 6) is 0.856. The van der Waals surface area contributed by atoms with E-state index < -0.39 is 0 Å². The summed E-state index contributed by atoms with van der Waals surface area (Å²) in [5, 5.41) is 17.6. The van der Waals surface area contributed by atoms with Gasteiger partial charge in [0.25, 0.3) is 0 Å². The second-order valence-electron chi connectivity index (χ2n) is 6.17. The van der Waals surface area contributed by atoms with Gasteiger partial charge in [0, 0.05) is 18.0 Å². The zero-order chi connectivity index (χ0) is 15.1. The van der Waals surface area contributed by atoms with Crippen LogP contribution < -0.4 is 10.6 Å². The molecule has 118 valence electrons. The van der Waals surface area contributed by atoms with E-state index in [0.29, 0.717) is 24.9 Å². The van der Waals surface area contributed by atoms with Crippen molar-refractivity contribution in [2.45, 2.75) is 45.1 Å². The molecule has 0 saturated heterocycles. The first-order valence-electron chi connectivity index (χ1n) is 7.85. The maximum atomic E-state index is 11.8. The van der Waals surface area contributed by atoms with Gasteiger partial charge >= 0.3 is 6.03 Å². The van der Waals surface area contributed by atoms with Crippen molar-refractivity contribution in [3.8, 4) is 0 Å². The van der Waals surface area contributed by atoms with Crippen LogP contribution in [0.2, 0.25) is 0 Å². The molecule has 1 aromatic heterocycles. The van der Waals surface area contributed by atoms with Crippen molar-refractivity contribution in [1.82, 2.24) is 10.6 Å². The third-order valence-electron chi connectivity index (χ3n) is 4.05. The van der Waals surface area contributed by atoms with Crippen LogP contribution in [0.1, 0.15) is 37.5 Å². The normalized spacial score (nSPS) is 23.5. The molecule has 1 aliphatic rings. The summed E-state index contributed by atoms with van der Waals surface area (Å²) in [6.07, 6.45) is 4.71. The average molecular weight is 310 g/mol. The third-order valence-corrected chi connectivity index (χ3v) is 4.95. The van der Waals surface area contributed by atoms with Crippen molar-refractivity contribution in [3.05, 3.63) is 22.4 Å². The van der Waals surface area contributed by atoms with E-state index in [-0.39, 0.29) is 12.1 Å². The van der Waals surface area contributed by atoms with Gasteiger partial charge in [0.1, 0.15) is 0 Å². The quantitative estimate of drug-likeness (QED) is 0.756. The fraction of sp³-hybridized carbons (Fsp3) is 0.688. The molecule has 3 unspecified atom stereocenters. The summed E-state index contributed by atoms with van der Waals surface area (Å²) < 4.78 is 0. The van der Waals surface area contributed by atoms with Gasteiger partial charge < -0.3 is 15.7 Å². The number of rotatable bonds is 6. The van der Waals surface area contributed by atoms with Crippen molar-refractivity contribution in [2.75, 3.05) is 13.1 Å². The Morgan fingerprint density at radius 2 is 2.33 bits per heavy atom. The molecule has 1 saturated carbocycles. The molecular weight excluding hydrogens is 284 g/mol. The van der Waals surface area contributed by atoms with Gasteiger partial charge in [-0.05, 0) is 49.0 Å². The standard InChI is InChI=1S/C16H26N2O2S/c1-12(8-15-6-3-7-21-15)10-17-16(20)18-11-13-4-2-5-14(19)9-13/h3,6-7,12-14,19H,2,4-5,8-11H2,1H3,(H2,17,18,20). The summed E-state index contributed by atoms with van der Waals surface area (Å²) in [5.41, 5.74) is 0. The van der Waals surface area contributed by atoms with Gasteiger partial charge in [-0.2, -0.15) is 0 Å². The first kappa shape index (κ1) is 16.3. The zero-order valence-electron chi connectivity index (χ0n) is 12.7. The summed E-state index contributed by atoms with van der Waals surface area (Å²) in [6.45, 7) is 3.51. The first-order valence-corrected chi connectivity index (χ1v) is 8.73. The van der Waals surface area contributed by atoms with E-state index in [1.165, 1.54) is 4.88 Å². The van der Waals surface area contributed by atoms with Crippen LogP contribution in [-0.4, -0.2) is 30.3 Å². The predicted octanol–water partition coefficient (Wildman–Crippen LogP) is 2.78. The largest absolute Gasteiger partial charge is 0.393 e. The molecule has 0 aromatic carbocycles. The molecule has 1 aromatic rings. The van der Waals surface area contributed by atoms with Crippen LogP contribution in [0.4, 0.5) is 4.79 Å². The van der Waals surface area contributed by atoms with Crippen molar-refractivity contribution in [3.63, 3.8) is 0 Å². The molecule has 2 rings (SSSR count). The van der Waals surface area contributed by atoms with Crippen LogP contribution in [0.15, 0.2) is 17.5 Å². The number of carbonyl (C=O) groups is 1. The summed E-state index contributed by atoms with van der Waals surface area (Å²) >= 11 is 1.76. The van der Waals surface area contributed by atoms with Gasteiger partial charge in [-0.25, -0.2) is 4.79 Å². The number of aliphatic hydroxyl groups excluding tert-OH is 1. The van der Waals surface area contributed by atoms with Crippen molar-refractivity contribution >= 4 is 17.4 Å². The lowest BCUT2D eigenvalue weighted by atomic mass is 9.87. The minimum absolute atomic E-state index is 0.0897. The average Bonchev–Trinajstić information content (AvgIpc) is 2.96. The Balaban J connectivity index is 1.58. The summed E-state index contributed by atoms with van der Waals surface area (Å²) in [6, 6.07) is 4.11. The Morgan fingerprint density at radius 1 is 1.48 bits per heavy atom. The molecule has 0 radical (unpaired) electrons. The third kappa shape index (κ3) is 6.06. The number of amides is 2. The van der Waals surface area contributed by atoms with Crippen LogP contribution in [0, 0.1) is 11.8 Å². The minimum Gasteiger partial charge on any atom is -0.393 e. The Kier molecular flexibility index (Phi) is 6.51. The van der Waals surface area contributed by atoms with Crippen molar-refractivity contribution < 1.29 is 9.90 Å². The van der Waals surface area contributed by atoms with Crippen molar-refractivity contribution in [2.24, 2.45) is 11.8 Å². The monoisotopic (exact) mass is 310 g/mol. The van der Waals surface area contributed by atoms with E-state index >= 15 is 0 Å². The Hall–Kier alpha value is -1.07. The maximum Gasteiger partial charge on any atom is 0.314 e. The van der Waals surface area contributed by atoms with Crippen LogP contribution in [0.5, 0.6) is 0 Å². The Bertz CT molecular complexity index is 422. The maximum absolute atomic E-state index is 11.8. The number of hydrogen-bond donors (Lipinski definition) is 3. The van der Waals surface area contributed by atoms with E-state index in [1.807, 2.05) is 0 Å². The SMILES string of the molecule is CC(CNC(=O)NCC1CCCC(O)C1)Cc1cccs1. The molecule has 1 heterocycles. The molecule has 0 bridgehead atoms. The predicted molar refractivity (Wildman–Crippen MR) is 86.6 cm³/mol. The second-order valence-corrected chi connectivity index (χ2v) is 7.20. The first-order chi connectivity index (χ1) is 10.1. The number of aliphatic hydroxyl groups is 1. The van der Waals surface area contributed by atoms with Crippen LogP contribution >= 0.6 is 11.3 Å². The summed E-state index contributed by atoms with van der Waals surface area (Å²) in [7, 11) is 0. The van der Waals surface area contributed by atoms with E-state index in [9.17, 15) is 9.90 Å². The lowest BCUT2D eigenvalue weighted by Gasteiger charge is -2.26. The van der Waals surface area contributed by atoms with Gasteiger partial charge in [-0.3, -0.25) is 0 Å². The topological polar surface area (TPSA) is 61.4 Å². The molecular formula is C16H26N2O2S. The van der Waals surface area contributed by atoms with Crippen molar-refractivity contribution in [1.29, 1.82) is 0 Å². The highest BCUT2D eigenvalue weighted by Crippen LogP contribution is 2.23. The molecule has 3 atom stereocenters. The second kappa shape index (κ2) is 8.39. The number of nitrogens with one attached hydrogen (secondary N) is 2. The highest BCUT2D eigenvalue weighted by molar-refractivity contribution is 7.09. The van der Waals surface area contributed by atoms with Gasteiger partial charge in [0.2, 0.25) is 0 Å². The van der Waals surface area contributed by atoms with E-state index in [2.05, 4.69) is 35.1 Å². The Labute approximate surface area is 131 Å². The zero-order valence-corrected chi connectivity index (χ0v) is 13.5. The van der Waals surface area contributed by atoms with E-state index in [1.54, 1.807) is 11.3 Å². The number of urea groups is 1. The van der Waals surface area contributed by atoms with Crippen LogP contribution in [0.3, 0.4) is 0 Å². The molecule has 0 spiro atoms. The Morgan fingerprint density at radius 3 is 3.05 bits per heavy atom. The molecule has 1 fully saturated rings. The molecule has 21 heavy (non-hydrogen) atoms. The van der Waals surface area contributed by atoms with Gasteiger partial charge in [0.15, 0.2) is 0 Å². The minimum atomic E-state index is -0.181. The molecule has 2 amide bonds. The fourth-order valence-electron chi connectivity index (χ4n) is 2.86. The smallest absolute Gasteiger partial charge is 0.314 e. The fourth-order valence-corrected chi connectivity index (χ4v) is 3.73. The lowest BCUT2D eigenvalue weighted by molar-refractivity contribution is 0.101.